The van der Waals surface area contributed by atoms with E-state index in [1.807, 2.05) is 42.5 Å². The number of rotatable bonds is 8. The Hall–Kier alpha value is -2.20. The summed E-state index contributed by atoms with van der Waals surface area (Å²) >= 11 is 0. The highest BCUT2D eigenvalue weighted by molar-refractivity contribution is 5.50. The molecule has 0 saturated heterocycles. The normalized spacial score (nSPS) is 10.3. The molecule has 0 aliphatic carbocycles. The van der Waals surface area contributed by atoms with Gasteiger partial charge in [-0.15, -0.1) is 0 Å². The molecular formula is C18H22O4. The standard InChI is InChI=1S/C18H22O4/c1-20-17-11-15(9-6-10-19)16(12-18(17)21-2)22-13-14-7-4-3-5-8-14/h3-5,7-8,11-12,19H,6,9-10,13H2,1-2H3. The van der Waals surface area contributed by atoms with Crippen LogP contribution in [-0.2, 0) is 13.0 Å². The zero-order chi connectivity index (χ0) is 15.8. The van der Waals surface area contributed by atoms with Crippen LogP contribution in [0.3, 0.4) is 0 Å². The lowest BCUT2D eigenvalue weighted by Crippen LogP contribution is -2.02. The Labute approximate surface area is 131 Å². The molecule has 0 heterocycles. The Kier molecular flexibility index (Phi) is 6.10. The lowest BCUT2D eigenvalue weighted by molar-refractivity contribution is 0.281. The third kappa shape index (κ3) is 4.15. The van der Waals surface area contributed by atoms with E-state index in [4.69, 9.17) is 19.3 Å². The minimum atomic E-state index is 0.145. The van der Waals surface area contributed by atoms with Gasteiger partial charge in [-0.25, -0.2) is 0 Å². The van der Waals surface area contributed by atoms with Gasteiger partial charge in [-0.05, 0) is 30.0 Å². The predicted molar refractivity (Wildman–Crippen MR) is 85.7 cm³/mol. The number of methoxy groups -OCH3 is 2. The van der Waals surface area contributed by atoms with Gasteiger partial charge in [0, 0.05) is 12.7 Å². The molecule has 0 aliphatic heterocycles. The second-order valence-corrected chi connectivity index (χ2v) is 4.92. The number of hydrogen-bond donors (Lipinski definition) is 1. The SMILES string of the molecule is COc1cc(CCCO)c(OCc2ccccc2)cc1OC. The van der Waals surface area contributed by atoms with Crippen molar-refractivity contribution in [3.8, 4) is 17.2 Å². The smallest absolute Gasteiger partial charge is 0.164 e. The summed E-state index contributed by atoms with van der Waals surface area (Å²) in [7, 11) is 3.21. The highest BCUT2D eigenvalue weighted by Gasteiger charge is 2.12. The maximum atomic E-state index is 9.06. The number of aryl methyl sites for hydroxylation is 1. The average molecular weight is 302 g/mol. The number of aliphatic hydroxyl groups excluding tert-OH is 1. The van der Waals surface area contributed by atoms with Gasteiger partial charge in [-0.1, -0.05) is 30.3 Å². The van der Waals surface area contributed by atoms with Crippen LogP contribution >= 0.6 is 0 Å². The molecule has 0 unspecified atom stereocenters. The van der Waals surface area contributed by atoms with Gasteiger partial charge in [0.05, 0.1) is 14.2 Å². The number of hydrogen-bond acceptors (Lipinski definition) is 4. The topological polar surface area (TPSA) is 47.9 Å². The van der Waals surface area contributed by atoms with E-state index in [9.17, 15) is 0 Å². The summed E-state index contributed by atoms with van der Waals surface area (Å²) in [5.74, 6) is 2.07. The van der Waals surface area contributed by atoms with Crippen LogP contribution in [0, 0.1) is 0 Å². The molecule has 0 radical (unpaired) electrons. The Morgan fingerprint density at radius 2 is 1.59 bits per heavy atom. The Morgan fingerprint density at radius 3 is 2.23 bits per heavy atom. The first-order valence-corrected chi connectivity index (χ1v) is 7.31. The van der Waals surface area contributed by atoms with Crippen molar-refractivity contribution in [1.29, 1.82) is 0 Å². The van der Waals surface area contributed by atoms with Gasteiger partial charge in [0.25, 0.3) is 0 Å². The first kappa shape index (κ1) is 16.2. The fourth-order valence-electron chi connectivity index (χ4n) is 2.24. The van der Waals surface area contributed by atoms with Crippen LogP contribution in [0.5, 0.6) is 17.2 Å². The average Bonchev–Trinajstić information content (AvgIpc) is 2.58. The largest absolute Gasteiger partial charge is 0.493 e. The van der Waals surface area contributed by atoms with Gasteiger partial charge in [0.15, 0.2) is 11.5 Å². The van der Waals surface area contributed by atoms with E-state index in [-0.39, 0.29) is 6.61 Å². The molecule has 118 valence electrons. The van der Waals surface area contributed by atoms with Crippen LogP contribution in [0.1, 0.15) is 17.5 Å². The fourth-order valence-corrected chi connectivity index (χ4v) is 2.24. The summed E-state index contributed by atoms with van der Waals surface area (Å²) in [4.78, 5) is 0. The van der Waals surface area contributed by atoms with Crippen molar-refractivity contribution in [1.82, 2.24) is 0 Å². The Bertz CT molecular complexity index is 581. The molecule has 4 heteroatoms. The minimum Gasteiger partial charge on any atom is -0.493 e. The van der Waals surface area contributed by atoms with Gasteiger partial charge >= 0.3 is 0 Å². The fraction of sp³-hybridized carbons (Fsp3) is 0.333. The highest BCUT2D eigenvalue weighted by atomic mass is 16.5. The first-order valence-electron chi connectivity index (χ1n) is 7.31. The summed E-state index contributed by atoms with van der Waals surface area (Å²) in [5.41, 5.74) is 2.10. The van der Waals surface area contributed by atoms with Gasteiger partial charge in [0.2, 0.25) is 0 Å². The van der Waals surface area contributed by atoms with Crippen LogP contribution in [0.25, 0.3) is 0 Å². The van der Waals surface area contributed by atoms with Crippen molar-refractivity contribution >= 4 is 0 Å². The molecule has 2 rings (SSSR count). The van der Waals surface area contributed by atoms with Crippen molar-refractivity contribution in [3.63, 3.8) is 0 Å². The molecule has 0 fully saturated rings. The zero-order valence-electron chi connectivity index (χ0n) is 13.0. The molecule has 0 aliphatic rings. The molecular weight excluding hydrogens is 280 g/mol. The van der Waals surface area contributed by atoms with E-state index < -0.39 is 0 Å². The van der Waals surface area contributed by atoms with E-state index in [0.29, 0.717) is 24.5 Å². The third-order valence-electron chi connectivity index (χ3n) is 3.41. The second-order valence-electron chi connectivity index (χ2n) is 4.92. The predicted octanol–water partition coefficient (Wildman–Crippen LogP) is 3.21. The molecule has 0 aromatic heterocycles. The summed E-state index contributed by atoms with van der Waals surface area (Å²) in [5, 5.41) is 9.06. The molecule has 2 aromatic carbocycles. The van der Waals surface area contributed by atoms with E-state index >= 15 is 0 Å². The van der Waals surface area contributed by atoms with Crippen molar-refractivity contribution in [2.75, 3.05) is 20.8 Å². The van der Waals surface area contributed by atoms with E-state index in [2.05, 4.69) is 0 Å². The summed E-state index contributed by atoms with van der Waals surface area (Å²) < 4.78 is 16.6. The van der Waals surface area contributed by atoms with Crippen molar-refractivity contribution in [2.24, 2.45) is 0 Å². The minimum absolute atomic E-state index is 0.145. The third-order valence-corrected chi connectivity index (χ3v) is 3.41. The van der Waals surface area contributed by atoms with Gasteiger partial charge in [0.1, 0.15) is 12.4 Å². The van der Waals surface area contributed by atoms with Crippen molar-refractivity contribution in [3.05, 3.63) is 53.6 Å². The maximum absolute atomic E-state index is 9.06. The summed E-state index contributed by atoms with van der Waals surface area (Å²) in [6, 6.07) is 13.7. The molecule has 22 heavy (non-hydrogen) atoms. The summed E-state index contributed by atoms with van der Waals surface area (Å²) in [6.07, 6.45) is 1.40. The lowest BCUT2D eigenvalue weighted by atomic mass is 10.1. The number of benzene rings is 2. The van der Waals surface area contributed by atoms with Gasteiger partial charge in [-0.3, -0.25) is 0 Å². The zero-order valence-corrected chi connectivity index (χ0v) is 13.0. The first-order chi connectivity index (χ1) is 10.8. The quantitative estimate of drug-likeness (QED) is 0.813. The number of aliphatic hydroxyl groups is 1. The highest BCUT2D eigenvalue weighted by Crippen LogP contribution is 2.35. The summed E-state index contributed by atoms with van der Waals surface area (Å²) in [6.45, 7) is 0.634. The van der Waals surface area contributed by atoms with E-state index in [1.54, 1.807) is 14.2 Å². The van der Waals surface area contributed by atoms with E-state index in [1.165, 1.54) is 0 Å². The van der Waals surface area contributed by atoms with Crippen LogP contribution in [-0.4, -0.2) is 25.9 Å². The molecule has 4 nitrogen and oxygen atoms in total. The molecule has 0 spiro atoms. The Morgan fingerprint density at radius 1 is 0.909 bits per heavy atom. The van der Waals surface area contributed by atoms with Crippen molar-refractivity contribution in [2.45, 2.75) is 19.4 Å². The van der Waals surface area contributed by atoms with Gasteiger partial charge in [-0.2, -0.15) is 0 Å². The molecule has 0 saturated carbocycles. The van der Waals surface area contributed by atoms with Crippen LogP contribution in [0.2, 0.25) is 0 Å². The van der Waals surface area contributed by atoms with Crippen molar-refractivity contribution < 1.29 is 19.3 Å². The molecule has 1 N–H and O–H groups in total. The molecule has 0 amide bonds. The number of ether oxygens (including phenoxy) is 3. The van der Waals surface area contributed by atoms with E-state index in [0.717, 1.165) is 23.3 Å². The van der Waals surface area contributed by atoms with Crippen LogP contribution in [0.4, 0.5) is 0 Å². The molecule has 0 bridgehead atoms. The molecule has 2 aromatic rings. The second kappa shape index (κ2) is 8.29. The maximum Gasteiger partial charge on any atom is 0.164 e. The van der Waals surface area contributed by atoms with Crippen LogP contribution < -0.4 is 14.2 Å². The van der Waals surface area contributed by atoms with Gasteiger partial charge < -0.3 is 19.3 Å². The monoisotopic (exact) mass is 302 g/mol. The lowest BCUT2D eigenvalue weighted by Gasteiger charge is -2.15. The van der Waals surface area contributed by atoms with Crippen LogP contribution in [0.15, 0.2) is 42.5 Å². The molecule has 0 atom stereocenters. The Balaban J connectivity index is 2.22.